The van der Waals surface area contributed by atoms with Gasteiger partial charge in [0.25, 0.3) is 0 Å². The largest absolute Gasteiger partial charge is 0.497 e. The molecular weight excluding hydrogens is 348 g/mol. The van der Waals surface area contributed by atoms with Crippen LogP contribution in [0.25, 0.3) is 17.0 Å². The van der Waals surface area contributed by atoms with E-state index < -0.39 is 11.6 Å². The number of carbonyl (C=O) groups is 1. The molecule has 0 fully saturated rings. The second-order valence-corrected chi connectivity index (χ2v) is 5.77. The number of carbonyl (C=O) groups excluding carboxylic acids is 1. The van der Waals surface area contributed by atoms with Gasteiger partial charge in [-0.1, -0.05) is 0 Å². The molecule has 0 spiro atoms. The summed E-state index contributed by atoms with van der Waals surface area (Å²) in [4.78, 5) is 23.6. The Bertz CT molecular complexity index is 1080. The molecule has 27 heavy (non-hydrogen) atoms. The Morgan fingerprint density at radius 3 is 2.52 bits per heavy atom. The Morgan fingerprint density at radius 2 is 1.78 bits per heavy atom. The molecule has 0 radical (unpaired) electrons. The third-order valence-corrected chi connectivity index (χ3v) is 3.98. The maximum atomic E-state index is 12.1. The summed E-state index contributed by atoms with van der Waals surface area (Å²) in [5.41, 5.74) is 1.38. The lowest BCUT2D eigenvalue weighted by molar-refractivity contribution is -0.128. The molecule has 3 aromatic rings. The van der Waals surface area contributed by atoms with Crippen molar-refractivity contribution in [2.24, 2.45) is 0 Å². The zero-order valence-corrected chi connectivity index (χ0v) is 15.1. The van der Waals surface area contributed by atoms with Crippen molar-refractivity contribution in [3.8, 4) is 17.2 Å². The minimum Gasteiger partial charge on any atom is -0.497 e. The Morgan fingerprint density at radius 1 is 1.00 bits per heavy atom. The van der Waals surface area contributed by atoms with E-state index in [4.69, 9.17) is 18.6 Å². The normalized spacial score (nSPS) is 10.9. The first-order valence-electron chi connectivity index (χ1n) is 8.16. The lowest BCUT2D eigenvalue weighted by Crippen LogP contribution is -2.04. The smallest absolute Gasteiger partial charge is 0.336 e. The lowest BCUT2D eigenvalue weighted by Gasteiger charge is -2.07. The van der Waals surface area contributed by atoms with E-state index in [0.29, 0.717) is 22.6 Å². The number of fused-ring (bicyclic) bond motifs is 1. The fourth-order valence-electron chi connectivity index (χ4n) is 2.65. The van der Waals surface area contributed by atoms with Gasteiger partial charge in [0, 0.05) is 29.2 Å². The predicted octanol–water partition coefficient (Wildman–Crippen LogP) is 3.74. The number of hydrogen-bond acceptors (Lipinski definition) is 6. The first-order valence-corrected chi connectivity index (χ1v) is 8.16. The highest BCUT2D eigenvalue weighted by Gasteiger charge is 2.07. The summed E-state index contributed by atoms with van der Waals surface area (Å²) >= 11 is 0. The fourth-order valence-corrected chi connectivity index (χ4v) is 2.65. The van der Waals surface area contributed by atoms with E-state index in [9.17, 15) is 9.59 Å². The van der Waals surface area contributed by atoms with Crippen LogP contribution in [-0.4, -0.2) is 20.2 Å². The van der Waals surface area contributed by atoms with Gasteiger partial charge in [0.15, 0.2) is 0 Å². The maximum absolute atomic E-state index is 12.1. The average Bonchev–Trinajstić information content (AvgIpc) is 2.65. The van der Waals surface area contributed by atoms with Crippen LogP contribution in [0.5, 0.6) is 17.2 Å². The van der Waals surface area contributed by atoms with E-state index in [1.54, 1.807) is 50.6 Å². The molecule has 0 unspecified atom stereocenters. The Balaban J connectivity index is 1.81. The van der Waals surface area contributed by atoms with Gasteiger partial charge < -0.3 is 18.6 Å². The van der Waals surface area contributed by atoms with Crippen LogP contribution in [0.15, 0.2) is 57.8 Å². The molecule has 0 saturated carbocycles. The molecule has 0 bridgehead atoms. The van der Waals surface area contributed by atoms with E-state index in [1.165, 1.54) is 18.2 Å². The molecule has 138 valence electrons. The Hall–Kier alpha value is -3.54. The molecule has 1 aromatic heterocycles. The molecule has 0 amide bonds. The van der Waals surface area contributed by atoms with Crippen molar-refractivity contribution in [2.75, 3.05) is 14.2 Å². The summed E-state index contributed by atoms with van der Waals surface area (Å²) < 4.78 is 20.9. The van der Waals surface area contributed by atoms with Crippen molar-refractivity contribution in [1.82, 2.24) is 0 Å². The van der Waals surface area contributed by atoms with Crippen molar-refractivity contribution in [3.63, 3.8) is 0 Å². The molecule has 0 N–H and O–H groups in total. The van der Waals surface area contributed by atoms with Crippen LogP contribution < -0.4 is 19.8 Å². The first-order chi connectivity index (χ1) is 13.0. The maximum Gasteiger partial charge on any atom is 0.336 e. The highest BCUT2D eigenvalue weighted by molar-refractivity contribution is 5.90. The molecule has 0 aliphatic heterocycles. The minimum atomic E-state index is -0.575. The molecule has 0 aliphatic carbocycles. The third kappa shape index (κ3) is 4.17. The van der Waals surface area contributed by atoms with Crippen LogP contribution in [0.2, 0.25) is 0 Å². The third-order valence-electron chi connectivity index (χ3n) is 3.98. The molecule has 1 heterocycles. The zero-order valence-electron chi connectivity index (χ0n) is 15.1. The van der Waals surface area contributed by atoms with Crippen molar-refractivity contribution in [1.29, 1.82) is 0 Å². The summed E-state index contributed by atoms with van der Waals surface area (Å²) in [5.74, 6) is 0.948. The predicted molar refractivity (Wildman–Crippen MR) is 101 cm³/mol. The highest BCUT2D eigenvalue weighted by atomic mass is 16.5. The summed E-state index contributed by atoms with van der Waals surface area (Å²) in [7, 11) is 3.10. The van der Waals surface area contributed by atoms with Crippen molar-refractivity contribution < 1.29 is 23.4 Å². The van der Waals surface area contributed by atoms with Gasteiger partial charge in [0.1, 0.15) is 22.8 Å². The average molecular weight is 366 g/mol. The van der Waals surface area contributed by atoms with E-state index in [1.807, 2.05) is 6.92 Å². The number of benzene rings is 2. The fraction of sp³-hybridized carbons (Fsp3) is 0.143. The van der Waals surface area contributed by atoms with E-state index in [0.717, 1.165) is 10.9 Å². The molecule has 0 saturated heterocycles. The number of esters is 1. The quantitative estimate of drug-likeness (QED) is 0.296. The lowest BCUT2D eigenvalue weighted by atomic mass is 10.1. The Kier molecular flexibility index (Phi) is 5.26. The van der Waals surface area contributed by atoms with Gasteiger partial charge in [-0.05, 0) is 48.9 Å². The van der Waals surface area contributed by atoms with Crippen LogP contribution in [0.4, 0.5) is 0 Å². The standard InChI is InChI=1S/C21H18O6/c1-13-10-21(23)27-19-12-16(5-7-17(13)19)26-20(22)9-4-14-11-15(24-2)6-8-18(14)25-3/h4-12H,1-3H3. The minimum absolute atomic E-state index is 0.281. The summed E-state index contributed by atoms with van der Waals surface area (Å²) in [6, 6.07) is 11.6. The molecule has 2 aromatic carbocycles. The van der Waals surface area contributed by atoms with E-state index in [-0.39, 0.29) is 5.75 Å². The van der Waals surface area contributed by atoms with Crippen LogP contribution in [0.1, 0.15) is 11.1 Å². The monoisotopic (exact) mass is 366 g/mol. The highest BCUT2D eigenvalue weighted by Crippen LogP contribution is 2.25. The number of ether oxygens (including phenoxy) is 3. The summed E-state index contributed by atoms with van der Waals surface area (Å²) in [6.45, 7) is 1.81. The van der Waals surface area contributed by atoms with Gasteiger partial charge in [-0.15, -0.1) is 0 Å². The SMILES string of the molecule is COc1ccc(OC)c(C=CC(=O)Oc2ccc3c(C)cc(=O)oc3c2)c1. The van der Waals surface area contributed by atoms with Gasteiger partial charge in [-0.2, -0.15) is 0 Å². The van der Waals surface area contributed by atoms with Gasteiger partial charge in [-0.3, -0.25) is 0 Å². The number of hydrogen-bond donors (Lipinski definition) is 0. The van der Waals surface area contributed by atoms with Crippen LogP contribution in [0.3, 0.4) is 0 Å². The van der Waals surface area contributed by atoms with Crippen molar-refractivity contribution in [3.05, 3.63) is 70.1 Å². The molecule has 0 aliphatic rings. The zero-order chi connectivity index (χ0) is 19.4. The second kappa shape index (κ2) is 7.78. The second-order valence-electron chi connectivity index (χ2n) is 5.77. The van der Waals surface area contributed by atoms with E-state index >= 15 is 0 Å². The van der Waals surface area contributed by atoms with Crippen molar-refractivity contribution >= 4 is 23.0 Å². The van der Waals surface area contributed by atoms with Gasteiger partial charge >= 0.3 is 11.6 Å². The molecule has 6 nitrogen and oxygen atoms in total. The Labute approximate surface area is 155 Å². The molecule has 3 rings (SSSR count). The van der Waals surface area contributed by atoms with Gasteiger partial charge in [0.05, 0.1) is 14.2 Å². The van der Waals surface area contributed by atoms with Crippen LogP contribution in [-0.2, 0) is 4.79 Å². The van der Waals surface area contributed by atoms with Crippen LogP contribution >= 0.6 is 0 Å². The number of rotatable bonds is 5. The molecule has 0 atom stereocenters. The van der Waals surface area contributed by atoms with Crippen molar-refractivity contribution in [2.45, 2.75) is 6.92 Å². The summed E-state index contributed by atoms with van der Waals surface area (Å²) in [6.07, 6.45) is 2.86. The van der Waals surface area contributed by atoms with Gasteiger partial charge in [0.2, 0.25) is 0 Å². The topological polar surface area (TPSA) is 75.0 Å². The number of methoxy groups -OCH3 is 2. The first kappa shape index (κ1) is 18.3. The summed E-state index contributed by atoms with van der Waals surface area (Å²) in [5, 5.41) is 0.783. The number of aryl methyl sites for hydroxylation is 1. The van der Waals surface area contributed by atoms with E-state index in [2.05, 4.69) is 0 Å². The molecule has 6 heteroatoms. The van der Waals surface area contributed by atoms with Gasteiger partial charge in [-0.25, -0.2) is 9.59 Å². The van der Waals surface area contributed by atoms with Crippen LogP contribution in [0, 0.1) is 6.92 Å². The molecular formula is C21H18O6.